The van der Waals surface area contributed by atoms with Crippen molar-refractivity contribution >= 4 is 18.0 Å². The van der Waals surface area contributed by atoms with Crippen LogP contribution >= 0.6 is 0 Å². The molecule has 0 fully saturated rings. The quantitative estimate of drug-likeness (QED) is 0.483. The van der Waals surface area contributed by atoms with E-state index in [2.05, 4.69) is 0 Å². The van der Waals surface area contributed by atoms with Crippen LogP contribution in [0.3, 0.4) is 0 Å². The monoisotopic (exact) mass is 318 g/mol. The summed E-state index contributed by atoms with van der Waals surface area (Å²) in [5.41, 5.74) is 1.09. The van der Waals surface area contributed by atoms with Gasteiger partial charge in [-0.05, 0) is 31.2 Å². The Bertz CT molecular complexity index is 473. The summed E-state index contributed by atoms with van der Waals surface area (Å²) in [5, 5.41) is 0. The van der Waals surface area contributed by atoms with Gasteiger partial charge in [0.15, 0.2) is 5.92 Å². The lowest BCUT2D eigenvalue weighted by Gasteiger charge is -2.14. The van der Waals surface area contributed by atoms with Crippen molar-refractivity contribution in [2.45, 2.75) is 39.5 Å². The molecule has 0 N–H and O–H groups in total. The Morgan fingerprint density at radius 2 is 1.57 bits per heavy atom. The highest BCUT2D eigenvalue weighted by molar-refractivity contribution is 5.94. The molecule has 0 aliphatic carbocycles. The second kappa shape index (κ2) is 11.5. The molecule has 1 rings (SSSR count). The molecule has 1 aromatic carbocycles. The van der Waals surface area contributed by atoms with Gasteiger partial charge in [0.05, 0.1) is 13.2 Å². The molecule has 4 nitrogen and oxygen atoms in total. The van der Waals surface area contributed by atoms with Crippen LogP contribution in [0.15, 0.2) is 36.4 Å². The minimum atomic E-state index is -0.839. The van der Waals surface area contributed by atoms with Gasteiger partial charge in [0.1, 0.15) is 0 Å². The fourth-order valence-corrected chi connectivity index (χ4v) is 1.98. The Morgan fingerprint density at radius 1 is 1.00 bits per heavy atom. The molecular weight excluding hydrogens is 292 g/mol. The van der Waals surface area contributed by atoms with E-state index in [4.69, 9.17) is 9.47 Å². The van der Waals surface area contributed by atoms with Gasteiger partial charge >= 0.3 is 11.9 Å². The number of hydrogen-bond acceptors (Lipinski definition) is 4. The van der Waals surface area contributed by atoms with Gasteiger partial charge in [0.25, 0.3) is 0 Å². The van der Waals surface area contributed by atoms with E-state index in [9.17, 15) is 9.59 Å². The topological polar surface area (TPSA) is 52.6 Å². The summed E-state index contributed by atoms with van der Waals surface area (Å²) in [5.74, 6) is -1.81. The van der Waals surface area contributed by atoms with Crippen molar-refractivity contribution in [3.05, 3.63) is 42.0 Å². The Hall–Kier alpha value is -2.10. The van der Waals surface area contributed by atoms with Crippen molar-refractivity contribution in [1.82, 2.24) is 0 Å². The Morgan fingerprint density at radius 3 is 2.09 bits per heavy atom. The third-order valence-corrected chi connectivity index (χ3v) is 3.20. The summed E-state index contributed by atoms with van der Waals surface area (Å²) in [6.45, 7) is 4.49. The average Bonchev–Trinajstić information content (AvgIpc) is 2.58. The summed E-state index contributed by atoms with van der Waals surface area (Å²) >= 11 is 0. The first-order valence-corrected chi connectivity index (χ1v) is 8.23. The number of ether oxygens (including phenoxy) is 2. The fraction of sp³-hybridized carbons (Fsp3) is 0.474. The number of hydrogen-bond donors (Lipinski definition) is 0. The molecule has 0 radical (unpaired) electrons. The van der Waals surface area contributed by atoms with Crippen LogP contribution in [0.1, 0.15) is 45.1 Å². The highest BCUT2D eigenvalue weighted by atomic mass is 16.6. The first kappa shape index (κ1) is 18.9. The zero-order chi connectivity index (χ0) is 16.9. The van der Waals surface area contributed by atoms with Crippen molar-refractivity contribution in [2.75, 3.05) is 13.2 Å². The van der Waals surface area contributed by atoms with Gasteiger partial charge in [0.2, 0.25) is 0 Å². The molecule has 0 spiro atoms. The summed E-state index contributed by atoms with van der Waals surface area (Å²) in [4.78, 5) is 24.0. The summed E-state index contributed by atoms with van der Waals surface area (Å²) in [6, 6.07) is 9.89. The third kappa shape index (κ3) is 7.63. The molecule has 0 amide bonds. The second-order valence-corrected chi connectivity index (χ2v) is 5.28. The normalized spacial score (nSPS) is 10.9. The van der Waals surface area contributed by atoms with Gasteiger partial charge in [-0.25, -0.2) is 0 Å². The molecule has 0 unspecified atom stereocenters. The van der Waals surface area contributed by atoms with Crippen LogP contribution in [0.25, 0.3) is 6.08 Å². The third-order valence-electron chi connectivity index (χ3n) is 3.20. The Kier molecular flexibility index (Phi) is 9.45. The zero-order valence-corrected chi connectivity index (χ0v) is 14.0. The highest BCUT2D eigenvalue weighted by Crippen LogP contribution is 2.14. The first-order valence-electron chi connectivity index (χ1n) is 8.23. The maximum Gasteiger partial charge on any atom is 0.320 e. The molecule has 0 aliphatic rings. The number of benzene rings is 1. The predicted molar refractivity (Wildman–Crippen MR) is 90.7 cm³/mol. The van der Waals surface area contributed by atoms with E-state index in [1.165, 1.54) is 0 Å². The lowest BCUT2D eigenvalue weighted by molar-refractivity contribution is -0.162. The maximum atomic E-state index is 12.0. The van der Waals surface area contributed by atoms with E-state index in [-0.39, 0.29) is 0 Å². The van der Waals surface area contributed by atoms with E-state index < -0.39 is 17.9 Å². The Labute approximate surface area is 138 Å². The molecule has 0 saturated carbocycles. The van der Waals surface area contributed by atoms with Crippen molar-refractivity contribution < 1.29 is 19.1 Å². The molecule has 23 heavy (non-hydrogen) atoms. The molecule has 0 aliphatic heterocycles. The van der Waals surface area contributed by atoms with E-state index >= 15 is 0 Å². The van der Waals surface area contributed by atoms with Gasteiger partial charge in [-0.2, -0.15) is 0 Å². The van der Waals surface area contributed by atoms with E-state index in [0.717, 1.165) is 18.4 Å². The van der Waals surface area contributed by atoms with Crippen LogP contribution < -0.4 is 0 Å². The summed E-state index contributed by atoms with van der Waals surface area (Å²) < 4.78 is 10.2. The van der Waals surface area contributed by atoms with Gasteiger partial charge in [-0.1, -0.05) is 56.3 Å². The van der Waals surface area contributed by atoms with Crippen LogP contribution in [-0.2, 0) is 19.1 Å². The largest absolute Gasteiger partial charge is 0.465 e. The lowest BCUT2D eigenvalue weighted by Crippen LogP contribution is -2.28. The van der Waals surface area contributed by atoms with Crippen LogP contribution in [0, 0.1) is 5.92 Å². The van der Waals surface area contributed by atoms with E-state index in [1.54, 1.807) is 0 Å². The average molecular weight is 318 g/mol. The molecule has 0 atom stereocenters. The SMILES string of the molecule is CCCOC(=O)C(CCC=Cc1ccccc1)C(=O)OCCC. The predicted octanol–water partition coefficient (Wildman–Crippen LogP) is 4.00. The molecule has 0 bridgehead atoms. The van der Waals surface area contributed by atoms with Crippen molar-refractivity contribution in [2.24, 2.45) is 5.92 Å². The number of rotatable bonds is 10. The van der Waals surface area contributed by atoms with Gasteiger partial charge in [0, 0.05) is 0 Å². The molecular formula is C19H26O4. The van der Waals surface area contributed by atoms with E-state index in [1.807, 2.05) is 56.3 Å². The van der Waals surface area contributed by atoms with Gasteiger partial charge in [-0.3, -0.25) is 9.59 Å². The number of allylic oxidation sites excluding steroid dienone is 1. The smallest absolute Gasteiger partial charge is 0.320 e. The number of carbonyl (C=O) groups is 2. The van der Waals surface area contributed by atoms with Crippen LogP contribution in [0.5, 0.6) is 0 Å². The Balaban J connectivity index is 2.55. The minimum Gasteiger partial charge on any atom is -0.465 e. The molecule has 4 heteroatoms. The van der Waals surface area contributed by atoms with Crippen molar-refractivity contribution in [3.63, 3.8) is 0 Å². The second-order valence-electron chi connectivity index (χ2n) is 5.28. The maximum absolute atomic E-state index is 12.0. The van der Waals surface area contributed by atoms with Gasteiger partial charge < -0.3 is 9.47 Å². The van der Waals surface area contributed by atoms with Gasteiger partial charge in [-0.15, -0.1) is 0 Å². The number of carbonyl (C=O) groups excluding carboxylic acids is 2. The van der Waals surface area contributed by atoms with Crippen LogP contribution in [-0.4, -0.2) is 25.2 Å². The standard InChI is InChI=1S/C19H26O4/c1-3-14-22-18(20)17(19(21)23-15-4-2)13-9-8-12-16-10-6-5-7-11-16/h5-8,10-12,17H,3-4,9,13-15H2,1-2H3. The molecule has 1 aromatic rings. The van der Waals surface area contributed by atoms with Crippen LogP contribution in [0.4, 0.5) is 0 Å². The lowest BCUT2D eigenvalue weighted by atomic mass is 10.0. The van der Waals surface area contributed by atoms with Crippen LogP contribution in [0.2, 0.25) is 0 Å². The molecule has 126 valence electrons. The van der Waals surface area contributed by atoms with E-state index in [0.29, 0.717) is 26.1 Å². The van der Waals surface area contributed by atoms with Crippen molar-refractivity contribution in [1.29, 1.82) is 0 Å². The molecule has 0 heterocycles. The molecule has 0 aromatic heterocycles. The fourth-order valence-electron chi connectivity index (χ4n) is 1.98. The zero-order valence-electron chi connectivity index (χ0n) is 14.0. The van der Waals surface area contributed by atoms with Crippen molar-refractivity contribution in [3.8, 4) is 0 Å². The number of esters is 2. The highest BCUT2D eigenvalue weighted by Gasteiger charge is 2.28. The first-order chi connectivity index (χ1) is 11.2. The minimum absolute atomic E-state index is 0.330. The molecule has 0 saturated heterocycles. The summed E-state index contributed by atoms with van der Waals surface area (Å²) in [7, 11) is 0. The summed E-state index contributed by atoms with van der Waals surface area (Å²) in [6.07, 6.45) is 6.41.